The lowest BCUT2D eigenvalue weighted by Gasteiger charge is -2.26. The largest absolute Gasteiger partial charge is 0.505 e. The third kappa shape index (κ3) is 5.90. The highest BCUT2D eigenvalue weighted by atomic mass is 32.2. The molecule has 0 saturated carbocycles. The van der Waals surface area contributed by atoms with Gasteiger partial charge in [0, 0.05) is 12.1 Å². The van der Waals surface area contributed by atoms with Gasteiger partial charge >= 0.3 is 0 Å². The monoisotopic (exact) mass is 493 g/mol. The number of phenols is 1. The van der Waals surface area contributed by atoms with E-state index in [-0.39, 0.29) is 21.5 Å². The zero-order valence-corrected chi connectivity index (χ0v) is 22.4. The lowest BCUT2D eigenvalue weighted by molar-refractivity contribution is 0.446. The Hall–Kier alpha value is -3.19. The van der Waals surface area contributed by atoms with E-state index in [1.807, 2.05) is 51.1 Å². The fourth-order valence-electron chi connectivity index (χ4n) is 3.71. The predicted molar refractivity (Wildman–Crippen MR) is 143 cm³/mol. The van der Waals surface area contributed by atoms with Crippen molar-refractivity contribution in [2.75, 3.05) is 10.8 Å². The molecule has 0 fully saturated rings. The molecule has 0 aliphatic carbocycles. The van der Waals surface area contributed by atoms with Crippen LogP contribution in [0.5, 0.6) is 5.75 Å². The van der Waals surface area contributed by atoms with Gasteiger partial charge in [0.15, 0.2) is 0 Å². The van der Waals surface area contributed by atoms with Crippen LogP contribution in [0.2, 0.25) is 0 Å². The molecule has 0 atom stereocenters. The first-order valence-corrected chi connectivity index (χ1v) is 13.2. The molecule has 0 bridgehead atoms. The average Bonchev–Trinajstić information content (AvgIpc) is 2.78. The fraction of sp³-hybridized carbons (Fsp3) is 0.357. The van der Waals surface area contributed by atoms with Crippen molar-refractivity contribution in [1.29, 1.82) is 0 Å². The van der Waals surface area contributed by atoms with E-state index in [0.717, 1.165) is 11.1 Å². The van der Waals surface area contributed by atoms with Crippen molar-refractivity contribution in [3.05, 3.63) is 77.9 Å². The van der Waals surface area contributed by atoms with Crippen molar-refractivity contribution in [1.82, 2.24) is 0 Å². The Morgan fingerprint density at radius 3 is 1.94 bits per heavy atom. The fourth-order valence-corrected chi connectivity index (χ4v) is 5.18. The second kappa shape index (κ2) is 9.82. The van der Waals surface area contributed by atoms with Crippen LogP contribution >= 0.6 is 0 Å². The minimum absolute atomic E-state index is 0.106. The summed E-state index contributed by atoms with van der Waals surface area (Å²) in [5, 5.41) is 19.5. The van der Waals surface area contributed by atoms with Crippen molar-refractivity contribution in [2.45, 2.75) is 64.2 Å². The number of anilines is 1. The van der Waals surface area contributed by atoms with Gasteiger partial charge in [-0.05, 0) is 65.8 Å². The number of azo groups is 1. The van der Waals surface area contributed by atoms with E-state index in [1.165, 1.54) is 16.4 Å². The van der Waals surface area contributed by atoms with E-state index >= 15 is 0 Å². The number of benzene rings is 3. The quantitative estimate of drug-likeness (QED) is 0.359. The number of nitrogens with zero attached hydrogens (tertiary/aromatic N) is 3. The van der Waals surface area contributed by atoms with Gasteiger partial charge in [-0.2, -0.15) is 5.11 Å². The second-order valence-corrected chi connectivity index (χ2v) is 12.5. The van der Waals surface area contributed by atoms with E-state index in [1.54, 1.807) is 31.2 Å². The van der Waals surface area contributed by atoms with Crippen LogP contribution in [0.3, 0.4) is 0 Å². The molecule has 7 heteroatoms. The number of hydrogen-bond acceptors (Lipinski definition) is 5. The molecule has 0 unspecified atom stereocenters. The van der Waals surface area contributed by atoms with Crippen LogP contribution in [0, 0.1) is 0 Å². The molecular formula is C28H35N3O3S. The number of sulfonamides is 1. The van der Waals surface area contributed by atoms with Crippen molar-refractivity contribution < 1.29 is 13.5 Å². The van der Waals surface area contributed by atoms with Gasteiger partial charge in [0.25, 0.3) is 10.0 Å². The van der Waals surface area contributed by atoms with Gasteiger partial charge in [-0.3, -0.25) is 4.31 Å². The average molecular weight is 494 g/mol. The van der Waals surface area contributed by atoms with Gasteiger partial charge in [-0.15, -0.1) is 5.11 Å². The normalized spacial score (nSPS) is 12.8. The molecule has 3 rings (SSSR count). The topological polar surface area (TPSA) is 82.3 Å². The van der Waals surface area contributed by atoms with Crippen LogP contribution in [-0.2, 0) is 20.9 Å². The van der Waals surface area contributed by atoms with Crippen LogP contribution < -0.4 is 4.31 Å². The molecule has 0 amide bonds. The Balaban J connectivity index is 1.94. The highest BCUT2D eigenvalue weighted by Gasteiger charge is 2.25. The Labute approximate surface area is 209 Å². The van der Waals surface area contributed by atoms with E-state index in [0.29, 0.717) is 23.6 Å². The standard InChI is InChI=1S/C28H35N3O3S/c1-8-31(22-12-10-9-11-13-22)35(33,34)23-16-14-21(15-17-23)29-30-25-19-20(27(2,3)4)18-24(26(25)32)28(5,6)7/h9-19,32H,8H2,1-7H3. The number of hydrogen-bond donors (Lipinski definition) is 1. The van der Waals surface area contributed by atoms with Crippen LogP contribution in [0.1, 0.15) is 59.6 Å². The molecule has 0 saturated heterocycles. The van der Waals surface area contributed by atoms with Crippen molar-refractivity contribution in [2.24, 2.45) is 10.2 Å². The first kappa shape index (κ1) is 26.4. The number of phenolic OH excluding ortho intramolecular Hbond substituents is 1. The summed E-state index contributed by atoms with van der Waals surface area (Å²) in [6.07, 6.45) is 0. The number of rotatable bonds is 6. The van der Waals surface area contributed by atoms with Crippen LogP contribution in [-0.4, -0.2) is 20.1 Å². The Morgan fingerprint density at radius 1 is 0.829 bits per heavy atom. The van der Waals surface area contributed by atoms with Crippen molar-refractivity contribution in [3.8, 4) is 5.75 Å². The maximum Gasteiger partial charge on any atom is 0.264 e. The maximum atomic E-state index is 13.2. The van der Waals surface area contributed by atoms with Crippen LogP contribution in [0.15, 0.2) is 81.9 Å². The lowest BCUT2D eigenvalue weighted by Crippen LogP contribution is -2.30. The predicted octanol–water partition coefficient (Wildman–Crippen LogP) is 7.62. The molecule has 35 heavy (non-hydrogen) atoms. The molecule has 0 radical (unpaired) electrons. The Bertz CT molecular complexity index is 1300. The molecule has 3 aromatic carbocycles. The summed E-state index contributed by atoms with van der Waals surface area (Å²) in [5.41, 5.74) is 2.96. The summed E-state index contributed by atoms with van der Waals surface area (Å²) >= 11 is 0. The smallest absolute Gasteiger partial charge is 0.264 e. The third-order valence-electron chi connectivity index (χ3n) is 5.79. The third-order valence-corrected chi connectivity index (χ3v) is 7.71. The molecule has 1 N–H and O–H groups in total. The summed E-state index contributed by atoms with van der Waals surface area (Å²) in [6.45, 7) is 14.6. The van der Waals surface area contributed by atoms with Crippen LogP contribution in [0.25, 0.3) is 0 Å². The summed E-state index contributed by atoms with van der Waals surface area (Å²) in [5.74, 6) is 0.106. The lowest BCUT2D eigenvalue weighted by atomic mass is 9.80. The van der Waals surface area contributed by atoms with Crippen molar-refractivity contribution in [3.63, 3.8) is 0 Å². The minimum Gasteiger partial charge on any atom is -0.505 e. The molecule has 6 nitrogen and oxygen atoms in total. The van der Waals surface area contributed by atoms with E-state index < -0.39 is 10.0 Å². The van der Waals surface area contributed by atoms with E-state index in [9.17, 15) is 13.5 Å². The molecule has 0 heterocycles. The van der Waals surface area contributed by atoms with E-state index in [4.69, 9.17) is 0 Å². The maximum absolute atomic E-state index is 13.2. The number of para-hydroxylation sites is 1. The first-order valence-electron chi connectivity index (χ1n) is 11.7. The highest BCUT2D eigenvalue weighted by Crippen LogP contribution is 2.42. The first-order chi connectivity index (χ1) is 16.2. The Morgan fingerprint density at radius 2 is 1.43 bits per heavy atom. The highest BCUT2D eigenvalue weighted by molar-refractivity contribution is 7.92. The SMILES string of the molecule is CCN(c1ccccc1)S(=O)(=O)c1ccc(N=Nc2cc(C(C)(C)C)cc(C(C)(C)C)c2O)cc1. The number of aromatic hydroxyl groups is 1. The van der Waals surface area contributed by atoms with Gasteiger partial charge < -0.3 is 5.11 Å². The van der Waals surface area contributed by atoms with E-state index in [2.05, 4.69) is 31.0 Å². The van der Waals surface area contributed by atoms with Crippen molar-refractivity contribution >= 4 is 27.1 Å². The van der Waals surface area contributed by atoms with Crippen LogP contribution in [0.4, 0.5) is 17.1 Å². The summed E-state index contributed by atoms with van der Waals surface area (Å²) in [7, 11) is -3.72. The van der Waals surface area contributed by atoms with Gasteiger partial charge in [0.2, 0.25) is 0 Å². The zero-order chi connectivity index (χ0) is 26.0. The zero-order valence-electron chi connectivity index (χ0n) is 21.6. The molecule has 0 aliphatic heterocycles. The minimum atomic E-state index is -3.72. The summed E-state index contributed by atoms with van der Waals surface area (Å²) in [6, 6.07) is 19.2. The second-order valence-electron chi connectivity index (χ2n) is 10.6. The van der Waals surface area contributed by atoms with Gasteiger partial charge in [-0.25, -0.2) is 8.42 Å². The summed E-state index contributed by atoms with van der Waals surface area (Å²) in [4.78, 5) is 0.176. The summed E-state index contributed by atoms with van der Waals surface area (Å²) < 4.78 is 27.8. The molecule has 0 aromatic heterocycles. The molecule has 3 aromatic rings. The molecule has 0 aliphatic rings. The van der Waals surface area contributed by atoms with Gasteiger partial charge in [0.05, 0.1) is 16.3 Å². The van der Waals surface area contributed by atoms with Gasteiger partial charge in [0.1, 0.15) is 11.4 Å². The van der Waals surface area contributed by atoms with Gasteiger partial charge in [-0.1, -0.05) is 65.8 Å². The molecule has 0 spiro atoms. The Kier molecular flexibility index (Phi) is 7.41. The molecule has 186 valence electrons. The molecular weight excluding hydrogens is 458 g/mol.